The van der Waals surface area contributed by atoms with Crippen molar-refractivity contribution in [3.8, 4) is 6.07 Å². The van der Waals surface area contributed by atoms with Gasteiger partial charge in [-0.15, -0.1) is 10.2 Å². The highest BCUT2D eigenvalue weighted by Crippen LogP contribution is 2.50. The van der Waals surface area contributed by atoms with Crippen molar-refractivity contribution in [3.63, 3.8) is 0 Å². The molecule has 1 unspecified atom stereocenters. The number of ketones is 1. The number of nitriles is 1. The summed E-state index contributed by atoms with van der Waals surface area (Å²) in [5.74, 6) is -0.807. The van der Waals surface area contributed by atoms with Crippen LogP contribution in [0.3, 0.4) is 0 Å². The second-order valence-corrected chi connectivity index (χ2v) is 13.6. The van der Waals surface area contributed by atoms with E-state index in [0.29, 0.717) is 50.0 Å². The minimum atomic E-state index is -0.616. The molecule has 2 aliphatic rings. The molecular weight excluding hydrogens is 606 g/mol. The molecule has 0 radical (unpaired) electrons. The van der Waals surface area contributed by atoms with Gasteiger partial charge in [0.1, 0.15) is 5.82 Å². The van der Waals surface area contributed by atoms with Crippen molar-refractivity contribution in [1.29, 1.82) is 5.26 Å². The molecule has 43 heavy (non-hydrogen) atoms. The van der Waals surface area contributed by atoms with E-state index in [9.17, 15) is 19.6 Å². The minimum Gasteiger partial charge on any atom is -0.384 e. The quantitative estimate of drug-likeness (QED) is 0.273. The number of nitrogens with two attached hydrogens (primary N) is 1. The Labute approximate surface area is 262 Å². The maximum absolute atomic E-state index is 13.7. The molecule has 2 aromatic carbocycles. The van der Waals surface area contributed by atoms with E-state index in [-0.39, 0.29) is 40.2 Å². The molecule has 220 valence electrons. The van der Waals surface area contributed by atoms with Crippen molar-refractivity contribution in [2.24, 2.45) is 11.1 Å². The fourth-order valence-electron chi connectivity index (χ4n) is 5.23. The Balaban J connectivity index is 1.39. The zero-order valence-electron chi connectivity index (χ0n) is 23.6. The van der Waals surface area contributed by atoms with Crippen LogP contribution in [0.5, 0.6) is 0 Å². The van der Waals surface area contributed by atoms with E-state index in [1.54, 1.807) is 41.3 Å². The first-order valence-corrected chi connectivity index (χ1v) is 15.5. The number of carbonyl (C=O) groups is 3. The van der Waals surface area contributed by atoms with Gasteiger partial charge >= 0.3 is 0 Å². The molecule has 0 bridgehead atoms. The van der Waals surface area contributed by atoms with E-state index in [2.05, 4.69) is 26.9 Å². The summed E-state index contributed by atoms with van der Waals surface area (Å²) >= 11 is 8.56. The Morgan fingerprint density at radius 1 is 1.12 bits per heavy atom. The standard InChI is InChI=1S/C30H28ClN7O3S2/c1-16(39)34-19-8-10-20(11-9-19)35-24(41)15-42-29-37-36-28(43-29)38-22-12-30(2,3)13-23(40)26(22)25(21(14-32)27(38)33)17-4-6-18(31)7-5-17/h4-11,25H,12-13,15,33H2,1-3H3,(H,34,39)(H,35,41). The molecule has 1 atom stereocenters. The monoisotopic (exact) mass is 633 g/mol. The van der Waals surface area contributed by atoms with Crippen LogP contribution >= 0.6 is 34.7 Å². The zero-order chi connectivity index (χ0) is 30.9. The topological polar surface area (TPSA) is 154 Å². The van der Waals surface area contributed by atoms with E-state index < -0.39 is 5.92 Å². The SMILES string of the molecule is CC(=O)Nc1ccc(NC(=O)CSc2nnc(N3C(N)=C(C#N)C(c4ccc(Cl)cc4)C4=C3CC(C)(C)CC4=O)s2)cc1. The fraction of sp³-hybridized carbons (Fsp3) is 0.267. The number of thioether (sulfide) groups is 1. The average molecular weight is 634 g/mol. The number of halogens is 1. The highest BCUT2D eigenvalue weighted by Gasteiger charge is 2.45. The Bertz CT molecular complexity index is 1710. The lowest BCUT2D eigenvalue weighted by atomic mass is 9.69. The van der Waals surface area contributed by atoms with E-state index in [0.717, 1.165) is 5.56 Å². The Morgan fingerprint density at radius 3 is 2.40 bits per heavy atom. The Kier molecular flexibility index (Phi) is 8.59. The molecule has 1 aliphatic heterocycles. The lowest BCUT2D eigenvalue weighted by Gasteiger charge is -2.42. The van der Waals surface area contributed by atoms with Crippen LogP contribution in [0.2, 0.25) is 5.02 Å². The molecule has 0 fully saturated rings. The molecule has 0 saturated heterocycles. The van der Waals surface area contributed by atoms with Gasteiger partial charge in [-0.25, -0.2) is 0 Å². The molecule has 4 N–H and O–H groups in total. The molecule has 1 aliphatic carbocycles. The van der Waals surface area contributed by atoms with Crippen molar-refractivity contribution < 1.29 is 14.4 Å². The number of anilines is 3. The number of amides is 2. The number of Topliss-reactive ketones (excluding diaryl/α,β-unsaturated/α-hetero) is 1. The fourth-order valence-corrected chi connectivity index (χ4v) is 7.04. The average Bonchev–Trinajstić information content (AvgIpc) is 3.40. The first kappa shape index (κ1) is 30.3. The van der Waals surface area contributed by atoms with Crippen molar-refractivity contribution in [1.82, 2.24) is 10.2 Å². The third-order valence-electron chi connectivity index (χ3n) is 6.99. The molecule has 0 spiro atoms. The minimum absolute atomic E-state index is 0.0441. The van der Waals surface area contributed by atoms with E-state index in [1.807, 2.05) is 26.0 Å². The molecule has 2 heterocycles. The maximum Gasteiger partial charge on any atom is 0.234 e. The Morgan fingerprint density at radius 2 is 1.77 bits per heavy atom. The summed E-state index contributed by atoms with van der Waals surface area (Å²) in [4.78, 5) is 39.1. The highest BCUT2D eigenvalue weighted by atomic mass is 35.5. The number of allylic oxidation sites excluding steroid dienone is 3. The summed E-state index contributed by atoms with van der Waals surface area (Å²) in [6.07, 6.45) is 0.882. The maximum atomic E-state index is 13.7. The summed E-state index contributed by atoms with van der Waals surface area (Å²) in [6, 6.07) is 16.1. The number of hydrogen-bond donors (Lipinski definition) is 3. The van der Waals surface area contributed by atoms with Gasteiger partial charge in [-0.05, 0) is 53.8 Å². The van der Waals surface area contributed by atoms with Crippen LogP contribution in [0.15, 0.2) is 75.5 Å². The summed E-state index contributed by atoms with van der Waals surface area (Å²) in [7, 11) is 0. The van der Waals surface area contributed by atoms with Gasteiger partial charge in [-0.1, -0.05) is 60.7 Å². The van der Waals surface area contributed by atoms with Crippen molar-refractivity contribution in [2.45, 2.75) is 43.9 Å². The van der Waals surface area contributed by atoms with E-state index in [4.69, 9.17) is 17.3 Å². The first-order chi connectivity index (χ1) is 20.5. The number of rotatable bonds is 7. The number of benzene rings is 2. The molecule has 13 heteroatoms. The molecule has 3 aromatic rings. The van der Waals surface area contributed by atoms with Gasteiger partial charge in [0.25, 0.3) is 0 Å². The van der Waals surface area contributed by atoms with E-state index >= 15 is 0 Å². The second-order valence-electron chi connectivity index (χ2n) is 11.0. The number of nitrogens with one attached hydrogen (secondary N) is 2. The molecule has 5 rings (SSSR count). The van der Waals surface area contributed by atoms with Crippen LogP contribution < -0.4 is 21.3 Å². The third-order valence-corrected chi connectivity index (χ3v) is 9.28. The molecular formula is C30H28ClN7O3S2. The zero-order valence-corrected chi connectivity index (χ0v) is 26.0. The van der Waals surface area contributed by atoms with Crippen LogP contribution in [0, 0.1) is 16.7 Å². The largest absolute Gasteiger partial charge is 0.384 e. The van der Waals surface area contributed by atoms with Crippen LogP contribution in [-0.2, 0) is 14.4 Å². The highest BCUT2D eigenvalue weighted by molar-refractivity contribution is 8.01. The third kappa shape index (κ3) is 6.59. The smallest absolute Gasteiger partial charge is 0.234 e. The predicted octanol–water partition coefficient (Wildman–Crippen LogP) is 5.82. The number of hydrogen-bond acceptors (Lipinski definition) is 10. The number of aromatic nitrogens is 2. The van der Waals surface area contributed by atoms with Crippen molar-refractivity contribution >= 4 is 68.8 Å². The summed E-state index contributed by atoms with van der Waals surface area (Å²) in [6.45, 7) is 5.47. The normalized spacial score (nSPS) is 17.8. The van der Waals surface area contributed by atoms with Gasteiger partial charge in [0.15, 0.2) is 10.1 Å². The van der Waals surface area contributed by atoms with E-state index in [1.165, 1.54) is 30.0 Å². The van der Waals surface area contributed by atoms with Gasteiger partial charge in [0.05, 0.1) is 23.3 Å². The van der Waals surface area contributed by atoms with Gasteiger partial charge in [0, 0.05) is 41.0 Å². The summed E-state index contributed by atoms with van der Waals surface area (Å²) in [5, 5.41) is 25.3. The van der Waals surface area contributed by atoms with Gasteiger partial charge < -0.3 is 16.4 Å². The summed E-state index contributed by atoms with van der Waals surface area (Å²) < 4.78 is 0.529. The van der Waals surface area contributed by atoms with Crippen LogP contribution in [0.4, 0.5) is 16.5 Å². The van der Waals surface area contributed by atoms with Crippen LogP contribution in [0.25, 0.3) is 0 Å². The van der Waals surface area contributed by atoms with Gasteiger partial charge in [-0.2, -0.15) is 5.26 Å². The van der Waals surface area contributed by atoms with Crippen LogP contribution in [0.1, 0.15) is 45.1 Å². The molecule has 0 saturated carbocycles. The van der Waals surface area contributed by atoms with Crippen molar-refractivity contribution in [2.75, 3.05) is 21.3 Å². The lowest BCUT2D eigenvalue weighted by Crippen LogP contribution is -2.42. The second kappa shape index (κ2) is 12.2. The predicted molar refractivity (Wildman–Crippen MR) is 169 cm³/mol. The summed E-state index contributed by atoms with van der Waals surface area (Å²) in [5.41, 5.74) is 9.81. The first-order valence-electron chi connectivity index (χ1n) is 13.3. The van der Waals surface area contributed by atoms with Crippen molar-refractivity contribution in [3.05, 3.63) is 81.8 Å². The van der Waals surface area contributed by atoms with Gasteiger partial charge in [0.2, 0.25) is 16.9 Å². The molecule has 10 nitrogen and oxygen atoms in total. The molecule has 1 aromatic heterocycles. The number of nitrogens with zero attached hydrogens (tertiary/aromatic N) is 4. The lowest BCUT2D eigenvalue weighted by molar-refractivity contribution is -0.118. The van der Waals surface area contributed by atoms with Gasteiger partial charge in [-0.3, -0.25) is 19.3 Å². The van der Waals surface area contributed by atoms with Crippen LogP contribution in [-0.4, -0.2) is 33.5 Å². The number of carbonyl (C=O) groups excluding carboxylic acids is 3. The Hall–Kier alpha value is -4.18. The molecule has 2 amide bonds.